The zero-order valence-electron chi connectivity index (χ0n) is 15.7. The van der Waals surface area contributed by atoms with E-state index in [1.165, 1.54) is 32.1 Å². The highest BCUT2D eigenvalue weighted by atomic mass is 19.1. The van der Waals surface area contributed by atoms with Gasteiger partial charge in [0.05, 0.1) is 7.11 Å². The van der Waals surface area contributed by atoms with Gasteiger partial charge in [0.2, 0.25) is 5.43 Å². The van der Waals surface area contributed by atoms with Crippen LogP contribution in [0, 0.1) is 11.7 Å². The molecule has 0 amide bonds. The van der Waals surface area contributed by atoms with Gasteiger partial charge >= 0.3 is 0 Å². The molecule has 27 heavy (non-hydrogen) atoms. The van der Waals surface area contributed by atoms with Crippen LogP contribution in [0.1, 0.15) is 24.1 Å². The monoisotopic (exact) mass is 371 g/mol. The number of pyridine rings is 1. The third kappa shape index (κ3) is 4.22. The number of rotatable bonds is 5. The second kappa shape index (κ2) is 7.82. The Morgan fingerprint density at radius 1 is 1.15 bits per heavy atom. The second-order valence-electron chi connectivity index (χ2n) is 7.74. The summed E-state index contributed by atoms with van der Waals surface area (Å²) < 4.78 is 18.2. The van der Waals surface area contributed by atoms with Crippen molar-refractivity contribution in [1.82, 2.24) is 14.8 Å². The summed E-state index contributed by atoms with van der Waals surface area (Å²) >= 11 is 0. The van der Waals surface area contributed by atoms with E-state index in [4.69, 9.17) is 4.74 Å². The molecule has 1 N–H and O–H groups in total. The van der Waals surface area contributed by atoms with E-state index in [2.05, 4.69) is 14.8 Å². The molecule has 2 atom stereocenters. The summed E-state index contributed by atoms with van der Waals surface area (Å²) in [6, 6.07) is 8.95. The maximum absolute atomic E-state index is 13.1. The van der Waals surface area contributed by atoms with Gasteiger partial charge in [-0.25, -0.2) is 4.39 Å². The van der Waals surface area contributed by atoms with Crippen LogP contribution in [0.15, 0.2) is 41.3 Å². The van der Waals surface area contributed by atoms with Gasteiger partial charge in [0, 0.05) is 56.7 Å². The molecule has 0 spiro atoms. The Balaban J connectivity index is 1.44. The molecule has 2 aromatic rings. The van der Waals surface area contributed by atoms with Crippen molar-refractivity contribution in [2.24, 2.45) is 5.92 Å². The molecule has 1 aromatic carbocycles. The molecule has 5 rings (SSSR count). The molecule has 2 bridgehead atoms. The average molecular weight is 371 g/mol. The molecule has 3 fully saturated rings. The topological polar surface area (TPSA) is 48.6 Å². The van der Waals surface area contributed by atoms with Crippen molar-refractivity contribution in [3.05, 3.63) is 63.8 Å². The van der Waals surface area contributed by atoms with Crippen LogP contribution < -0.4 is 10.2 Å². The van der Waals surface area contributed by atoms with Crippen molar-refractivity contribution in [3.8, 4) is 5.75 Å². The number of benzene rings is 1. The number of methoxy groups -OCH3 is 1. The number of halogens is 1. The number of hydrogen-bond acceptors (Lipinski definition) is 4. The maximum atomic E-state index is 13.1. The molecule has 0 aliphatic carbocycles. The normalized spacial score (nSPS) is 23.3. The molecule has 0 saturated carbocycles. The van der Waals surface area contributed by atoms with E-state index < -0.39 is 0 Å². The maximum Gasteiger partial charge on any atom is 0.223 e. The molecular formula is C21H26FN3O2. The van der Waals surface area contributed by atoms with Crippen molar-refractivity contribution in [2.75, 3.05) is 26.7 Å². The minimum absolute atomic E-state index is 0.0795. The summed E-state index contributed by atoms with van der Waals surface area (Å²) in [5.74, 6) is 0.796. The Morgan fingerprint density at radius 2 is 1.96 bits per heavy atom. The van der Waals surface area contributed by atoms with E-state index in [1.54, 1.807) is 12.3 Å². The van der Waals surface area contributed by atoms with Gasteiger partial charge in [-0.2, -0.15) is 0 Å². The lowest BCUT2D eigenvalue weighted by atomic mass is 9.95. The molecule has 144 valence electrons. The first kappa shape index (κ1) is 18.2. The second-order valence-corrected chi connectivity index (χ2v) is 7.74. The van der Waals surface area contributed by atoms with Crippen LogP contribution in [0.25, 0.3) is 0 Å². The van der Waals surface area contributed by atoms with Gasteiger partial charge in [-0.15, -0.1) is 0 Å². The molecule has 3 aliphatic rings. The molecule has 4 heterocycles. The predicted molar refractivity (Wildman–Crippen MR) is 102 cm³/mol. The quantitative estimate of drug-likeness (QED) is 0.878. The largest absolute Gasteiger partial charge is 0.491 e. The fraction of sp³-hybridized carbons (Fsp3) is 0.476. The van der Waals surface area contributed by atoms with Gasteiger partial charge in [-0.05, 0) is 36.5 Å². The van der Waals surface area contributed by atoms with Crippen LogP contribution in [0.5, 0.6) is 5.75 Å². The number of H-pyrrole nitrogens is 1. The SMILES string of the molecule is COc1c[nH]c(CN2C[C@H]3CC[C@@H]2CN(Cc2ccc(F)cc2)C3)cc1=O. The number of fused-ring (bicyclic) bond motifs is 4. The van der Waals surface area contributed by atoms with Crippen LogP contribution in [0.4, 0.5) is 4.39 Å². The lowest BCUT2D eigenvalue weighted by molar-refractivity contribution is 0.121. The fourth-order valence-corrected chi connectivity index (χ4v) is 4.42. The van der Waals surface area contributed by atoms with E-state index >= 15 is 0 Å². The third-order valence-corrected chi connectivity index (χ3v) is 5.75. The fourth-order valence-electron chi connectivity index (χ4n) is 4.42. The van der Waals surface area contributed by atoms with Crippen molar-refractivity contribution in [3.63, 3.8) is 0 Å². The van der Waals surface area contributed by atoms with Crippen molar-refractivity contribution in [2.45, 2.75) is 32.0 Å². The zero-order chi connectivity index (χ0) is 18.8. The molecule has 0 unspecified atom stereocenters. The molecule has 3 aliphatic heterocycles. The average Bonchev–Trinajstić information content (AvgIpc) is 2.94. The summed E-state index contributed by atoms with van der Waals surface area (Å²) in [4.78, 5) is 20.2. The van der Waals surface area contributed by atoms with Gasteiger partial charge in [0.15, 0.2) is 5.75 Å². The first-order valence-electron chi connectivity index (χ1n) is 9.57. The van der Waals surface area contributed by atoms with Gasteiger partial charge in [-0.3, -0.25) is 14.6 Å². The molecule has 0 radical (unpaired) electrons. The van der Waals surface area contributed by atoms with Crippen LogP contribution in [-0.4, -0.2) is 47.6 Å². The summed E-state index contributed by atoms with van der Waals surface area (Å²) in [6.07, 6.45) is 4.08. The third-order valence-electron chi connectivity index (χ3n) is 5.75. The highest BCUT2D eigenvalue weighted by molar-refractivity contribution is 5.20. The number of aromatic nitrogens is 1. The number of hydrogen-bond donors (Lipinski definition) is 1. The van der Waals surface area contributed by atoms with E-state index in [0.29, 0.717) is 17.7 Å². The minimum atomic E-state index is -0.186. The first-order valence-corrected chi connectivity index (χ1v) is 9.57. The zero-order valence-corrected chi connectivity index (χ0v) is 15.7. The summed E-state index contributed by atoms with van der Waals surface area (Å²) in [5.41, 5.74) is 2.01. The van der Waals surface area contributed by atoms with E-state index in [-0.39, 0.29) is 11.2 Å². The Bertz CT molecular complexity index is 836. The number of nitrogens with one attached hydrogen (secondary N) is 1. The summed E-state index contributed by atoms with van der Waals surface area (Å²) in [6.45, 7) is 4.75. The van der Waals surface area contributed by atoms with Crippen molar-refractivity contribution >= 4 is 0 Å². The molecule has 5 nitrogen and oxygen atoms in total. The predicted octanol–water partition coefficient (Wildman–Crippen LogP) is 2.62. The van der Waals surface area contributed by atoms with E-state index in [9.17, 15) is 9.18 Å². The molecule has 6 heteroatoms. The highest BCUT2D eigenvalue weighted by Gasteiger charge is 2.34. The van der Waals surface area contributed by atoms with Crippen LogP contribution in [0.2, 0.25) is 0 Å². The number of nitrogens with zero attached hydrogens (tertiary/aromatic N) is 2. The van der Waals surface area contributed by atoms with Crippen molar-refractivity contribution in [1.29, 1.82) is 0 Å². The van der Waals surface area contributed by atoms with Crippen LogP contribution >= 0.6 is 0 Å². The molecular weight excluding hydrogens is 345 g/mol. The number of aromatic amines is 1. The Kier molecular flexibility index (Phi) is 5.27. The summed E-state index contributed by atoms with van der Waals surface area (Å²) in [7, 11) is 1.51. The van der Waals surface area contributed by atoms with E-state index in [0.717, 1.165) is 44.0 Å². The first-order chi connectivity index (χ1) is 13.1. The van der Waals surface area contributed by atoms with Crippen molar-refractivity contribution < 1.29 is 9.13 Å². The lowest BCUT2D eigenvalue weighted by Gasteiger charge is -2.36. The number of ether oxygens (including phenoxy) is 1. The molecule has 1 aromatic heterocycles. The Labute approximate surface area is 158 Å². The number of piperidine rings is 1. The lowest BCUT2D eigenvalue weighted by Crippen LogP contribution is -2.43. The van der Waals surface area contributed by atoms with Gasteiger partial charge in [-0.1, -0.05) is 12.1 Å². The minimum Gasteiger partial charge on any atom is -0.491 e. The Hall–Kier alpha value is -2.18. The van der Waals surface area contributed by atoms with Gasteiger partial charge < -0.3 is 9.72 Å². The van der Waals surface area contributed by atoms with Gasteiger partial charge in [0.1, 0.15) is 5.82 Å². The van der Waals surface area contributed by atoms with Gasteiger partial charge in [0.25, 0.3) is 0 Å². The molecule has 3 saturated heterocycles. The van der Waals surface area contributed by atoms with E-state index in [1.807, 2.05) is 12.1 Å². The van der Waals surface area contributed by atoms with Crippen LogP contribution in [0.3, 0.4) is 0 Å². The smallest absolute Gasteiger partial charge is 0.223 e. The Morgan fingerprint density at radius 3 is 2.70 bits per heavy atom. The van der Waals surface area contributed by atoms with Crippen LogP contribution in [-0.2, 0) is 13.1 Å². The highest BCUT2D eigenvalue weighted by Crippen LogP contribution is 2.29. The summed E-state index contributed by atoms with van der Waals surface area (Å²) in [5, 5.41) is 0. The standard InChI is InChI=1S/C21H26FN3O2/c1-27-21-9-23-18(8-20(21)26)13-25-12-16-4-7-19(25)14-24(11-16)10-15-2-5-17(22)6-3-15/h2-3,5-6,8-9,16,19H,4,7,10-14H2,1H3,(H,23,26)/t16-,19+/m0/s1.